The Morgan fingerprint density at radius 3 is 2.53 bits per heavy atom. The molecule has 0 spiro atoms. The zero-order chi connectivity index (χ0) is 22.1. The van der Waals surface area contributed by atoms with Crippen LogP contribution in [0, 0.1) is 0 Å². The van der Waals surface area contributed by atoms with Gasteiger partial charge in [0.15, 0.2) is 5.96 Å². The number of guanidine groups is 1. The van der Waals surface area contributed by atoms with Gasteiger partial charge in [0.1, 0.15) is 12.4 Å². The molecular formula is C23H36IN7O. The molecular weight excluding hydrogens is 517 g/mol. The second-order valence-corrected chi connectivity index (χ2v) is 8.11. The van der Waals surface area contributed by atoms with Crippen molar-refractivity contribution in [1.29, 1.82) is 0 Å². The molecule has 8 nitrogen and oxygen atoms in total. The van der Waals surface area contributed by atoms with Gasteiger partial charge in [0.25, 0.3) is 0 Å². The van der Waals surface area contributed by atoms with Crippen molar-refractivity contribution in [2.75, 3.05) is 39.3 Å². The zero-order valence-corrected chi connectivity index (χ0v) is 21.7. The topological polar surface area (TPSA) is 77.8 Å². The van der Waals surface area contributed by atoms with Crippen molar-refractivity contribution in [3.05, 3.63) is 54.1 Å². The predicted molar refractivity (Wildman–Crippen MR) is 139 cm³/mol. The van der Waals surface area contributed by atoms with Crippen molar-refractivity contribution in [1.82, 2.24) is 30.0 Å². The van der Waals surface area contributed by atoms with E-state index in [9.17, 15) is 4.79 Å². The van der Waals surface area contributed by atoms with Crippen LogP contribution in [-0.2, 0) is 17.9 Å². The fourth-order valence-corrected chi connectivity index (χ4v) is 3.68. The van der Waals surface area contributed by atoms with E-state index in [4.69, 9.17) is 4.99 Å². The summed E-state index contributed by atoms with van der Waals surface area (Å²) in [5.74, 6) is 1.94. The fourth-order valence-electron chi connectivity index (χ4n) is 3.68. The predicted octanol–water partition coefficient (Wildman–Crippen LogP) is 2.16. The average Bonchev–Trinajstić information content (AvgIpc) is 3.19. The highest BCUT2D eigenvalue weighted by Crippen LogP contribution is 2.08. The van der Waals surface area contributed by atoms with Gasteiger partial charge in [-0.3, -0.25) is 9.69 Å². The Hall–Kier alpha value is -2.14. The van der Waals surface area contributed by atoms with E-state index < -0.39 is 0 Å². The van der Waals surface area contributed by atoms with Gasteiger partial charge < -0.3 is 20.1 Å². The number of aromatic nitrogens is 2. The minimum Gasteiger partial charge on any atom is -0.357 e. The molecule has 1 aliphatic rings. The molecule has 176 valence electrons. The highest BCUT2D eigenvalue weighted by Gasteiger charge is 2.21. The van der Waals surface area contributed by atoms with E-state index in [0.29, 0.717) is 13.1 Å². The molecule has 2 heterocycles. The minimum absolute atomic E-state index is 0. The van der Waals surface area contributed by atoms with Gasteiger partial charge in [0.05, 0.1) is 6.54 Å². The molecule has 0 saturated carbocycles. The Balaban J connectivity index is 0.00000363. The van der Waals surface area contributed by atoms with E-state index in [1.807, 2.05) is 32.3 Å². The highest BCUT2D eigenvalue weighted by atomic mass is 127. The van der Waals surface area contributed by atoms with Gasteiger partial charge in [-0.15, -0.1) is 24.0 Å². The number of amides is 1. The first-order chi connectivity index (χ1) is 15.0. The molecule has 2 N–H and O–H groups in total. The summed E-state index contributed by atoms with van der Waals surface area (Å²) in [6, 6.07) is 10.6. The van der Waals surface area contributed by atoms with Gasteiger partial charge in [-0.25, -0.2) is 9.98 Å². The third kappa shape index (κ3) is 8.09. The Labute approximate surface area is 208 Å². The van der Waals surface area contributed by atoms with Crippen molar-refractivity contribution in [3.8, 4) is 0 Å². The number of piperazine rings is 1. The molecule has 0 bridgehead atoms. The van der Waals surface area contributed by atoms with Gasteiger partial charge in [-0.05, 0) is 26.3 Å². The van der Waals surface area contributed by atoms with Crippen LogP contribution in [0.1, 0.15) is 32.2 Å². The van der Waals surface area contributed by atoms with E-state index in [0.717, 1.165) is 51.1 Å². The number of nitrogens with zero attached hydrogens (tertiary/aromatic N) is 5. The van der Waals surface area contributed by atoms with Crippen LogP contribution in [0.4, 0.5) is 0 Å². The third-order valence-corrected chi connectivity index (χ3v) is 5.19. The lowest BCUT2D eigenvalue weighted by Crippen LogP contribution is -2.54. The maximum atomic E-state index is 12.0. The van der Waals surface area contributed by atoms with Crippen LogP contribution in [0.3, 0.4) is 0 Å². The molecule has 1 saturated heterocycles. The van der Waals surface area contributed by atoms with Gasteiger partial charge in [0.2, 0.25) is 5.91 Å². The van der Waals surface area contributed by atoms with E-state index in [1.165, 1.54) is 5.56 Å². The number of benzene rings is 1. The fraction of sp³-hybridized carbons (Fsp3) is 0.522. The molecule has 0 atom stereocenters. The van der Waals surface area contributed by atoms with E-state index in [1.54, 1.807) is 0 Å². The number of aliphatic imine (C=N–C) groups is 1. The number of nitrogens with one attached hydrogen (secondary N) is 2. The first-order valence-electron chi connectivity index (χ1n) is 11.1. The van der Waals surface area contributed by atoms with Crippen LogP contribution in [0.2, 0.25) is 0 Å². The number of imidazole rings is 1. The number of hydrogen-bond acceptors (Lipinski definition) is 4. The smallest absolute Gasteiger partial charge is 0.234 e. The molecule has 1 aromatic heterocycles. The lowest BCUT2D eigenvalue weighted by atomic mass is 10.2. The van der Waals surface area contributed by atoms with E-state index in [2.05, 4.69) is 61.2 Å². The summed E-state index contributed by atoms with van der Waals surface area (Å²) < 4.78 is 2.15. The van der Waals surface area contributed by atoms with Crippen LogP contribution in [-0.4, -0.2) is 76.5 Å². The molecule has 0 unspecified atom stereocenters. The summed E-state index contributed by atoms with van der Waals surface area (Å²) in [5.41, 5.74) is 1.25. The quantitative estimate of drug-likeness (QED) is 0.298. The number of carbonyl (C=O) groups is 1. The van der Waals surface area contributed by atoms with E-state index in [-0.39, 0.29) is 35.9 Å². The van der Waals surface area contributed by atoms with Crippen LogP contribution >= 0.6 is 24.0 Å². The number of hydrogen-bond donors (Lipinski definition) is 2. The molecule has 3 rings (SSSR count). The summed E-state index contributed by atoms with van der Waals surface area (Å²) in [6.45, 7) is 12.0. The van der Waals surface area contributed by atoms with Gasteiger partial charge in [-0.2, -0.15) is 0 Å². The molecule has 0 radical (unpaired) electrons. The maximum Gasteiger partial charge on any atom is 0.234 e. The first kappa shape index (κ1) is 26.1. The summed E-state index contributed by atoms with van der Waals surface area (Å²) in [7, 11) is 0. The van der Waals surface area contributed by atoms with Crippen molar-refractivity contribution < 1.29 is 4.79 Å². The SMILES string of the molecule is CCNC(=NCc1nccn1Cc1ccccc1)N1CCN(CC(=O)NC(C)C)CC1.I. The van der Waals surface area contributed by atoms with Crippen LogP contribution < -0.4 is 10.6 Å². The lowest BCUT2D eigenvalue weighted by Gasteiger charge is -2.36. The molecule has 1 fully saturated rings. The molecule has 2 aromatic rings. The van der Waals surface area contributed by atoms with Gasteiger partial charge >= 0.3 is 0 Å². The third-order valence-electron chi connectivity index (χ3n) is 5.19. The maximum absolute atomic E-state index is 12.0. The lowest BCUT2D eigenvalue weighted by molar-refractivity contribution is -0.123. The Morgan fingerprint density at radius 2 is 1.88 bits per heavy atom. The van der Waals surface area contributed by atoms with Gasteiger partial charge in [-0.1, -0.05) is 30.3 Å². The Morgan fingerprint density at radius 1 is 1.16 bits per heavy atom. The standard InChI is InChI=1S/C23H35N7O.HI/c1-4-24-23(29-14-12-28(13-15-29)18-22(31)27-19(2)3)26-16-21-25-10-11-30(21)17-20-8-6-5-7-9-20;/h5-11,19H,4,12-18H2,1-3H3,(H,24,26)(H,27,31);1H. The molecule has 0 aliphatic carbocycles. The second kappa shape index (κ2) is 13.4. The minimum atomic E-state index is 0. The largest absolute Gasteiger partial charge is 0.357 e. The molecule has 32 heavy (non-hydrogen) atoms. The summed E-state index contributed by atoms with van der Waals surface area (Å²) in [6.07, 6.45) is 3.84. The second-order valence-electron chi connectivity index (χ2n) is 8.11. The van der Waals surface area contributed by atoms with Crippen LogP contribution in [0.15, 0.2) is 47.7 Å². The normalized spacial score (nSPS) is 14.9. The average molecular weight is 553 g/mol. The van der Waals surface area contributed by atoms with Crippen molar-refractivity contribution in [3.63, 3.8) is 0 Å². The summed E-state index contributed by atoms with van der Waals surface area (Å²) in [4.78, 5) is 25.9. The van der Waals surface area contributed by atoms with Gasteiger partial charge in [0, 0.05) is 57.7 Å². The van der Waals surface area contributed by atoms with E-state index >= 15 is 0 Å². The van der Waals surface area contributed by atoms with Crippen molar-refractivity contribution in [2.45, 2.75) is 39.9 Å². The zero-order valence-electron chi connectivity index (χ0n) is 19.3. The molecule has 9 heteroatoms. The number of carbonyl (C=O) groups excluding carboxylic acids is 1. The first-order valence-corrected chi connectivity index (χ1v) is 11.1. The van der Waals surface area contributed by atoms with Crippen molar-refractivity contribution in [2.24, 2.45) is 4.99 Å². The number of rotatable bonds is 8. The molecule has 1 amide bonds. The Kier molecular flexibility index (Phi) is 10.9. The molecule has 1 aromatic carbocycles. The highest BCUT2D eigenvalue weighted by molar-refractivity contribution is 14.0. The Bertz CT molecular complexity index is 845. The van der Waals surface area contributed by atoms with Crippen LogP contribution in [0.25, 0.3) is 0 Å². The van der Waals surface area contributed by atoms with Crippen LogP contribution in [0.5, 0.6) is 0 Å². The van der Waals surface area contributed by atoms with Crippen molar-refractivity contribution >= 4 is 35.8 Å². The monoisotopic (exact) mass is 553 g/mol. The molecule has 1 aliphatic heterocycles. The number of halogens is 1. The summed E-state index contributed by atoms with van der Waals surface area (Å²) in [5, 5.41) is 6.37. The summed E-state index contributed by atoms with van der Waals surface area (Å²) >= 11 is 0.